The third-order valence-electron chi connectivity index (χ3n) is 5.08. The maximum Gasteiger partial charge on any atom is 0.337 e. The summed E-state index contributed by atoms with van der Waals surface area (Å²) in [4.78, 5) is 24.4. The van der Waals surface area contributed by atoms with Crippen molar-refractivity contribution in [1.29, 1.82) is 0 Å². The van der Waals surface area contributed by atoms with Gasteiger partial charge in [0, 0.05) is 25.5 Å². The van der Waals surface area contributed by atoms with E-state index in [0.717, 1.165) is 10.0 Å². The number of hydrogen-bond donors (Lipinski definition) is 2. The second-order valence-electron chi connectivity index (χ2n) is 7.22. The highest BCUT2D eigenvalue weighted by atomic mass is 79.9. The zero-order chi connectivity index (χ0) is 23.9. The van der Waals surface area contributed by atoms with Gasteiger partial charge in [-0.25, -0.2) is 13.2 Å². The van der Waals surface area contributed by atoms with Crippen LogP contribution in [0, 0.1) is 0 Å². The summed E-state index contributed by atoms with van der Waals surface area (Å²) in [5, 5.41) is 12.0. The van der Waals surface area contributed by atoms with Gasteiger partial charge in [0.2, 0.25) is 0 Å². The first kappa shape index (κ1) is 23.9. The minimum atomic E-state index is -3.94. The molecule has 1 amide bonds. The molecular weight excluding hydrogens is 644 g/mol. The number of nitrogens with one attached hydrogen (secondary N) is 1. The minimum Gasteiger partial charge on any atom is -0.478 e. The molecule has 0 radical (unpaired) electrons. The summed E-state index contributed by atoms with van der Waals surface area (Å²) in [5.74, 6) is -1.84. The van der Waals surface area contributed by atoms with Gasteiger partial charge in [0.1, 0.15) is 0 Å². The van der Waals surface area contributed by atoms with Crippen LogP contribution in [0.3, 0.4) is 0 Å². The van der Waals surface area contributed by atoms with E-state index in [9.17, 15) is 23.1 Å². The van der Waals surface area contributed by atoms with Crippen LogP contribution in [0.15, 0.2) is 72.9 Å². The van der Waals surface area contributed by atoms with E-state index in [-0.39, 0.29) is 21.7 Å². The van der Waals surface area contributed by atoms with Crippen molar-refractivity contribution in [3.05, 3.63) is 84.7 Å². The van der Waals surface area contributed by atoms with E-state index in [4.69, 9.17) is 0 Å². The van der Waals surface area contributed by atoms with Gasteiger partial charge < -0.3 is 10.4 Å². The Labute approximate surface area is 215 Å². The number of anilines is 2. The highest BCUT2D eigenvalue weighted by molar-refractivity contribution is 9.11. The Morgan fingerprint density at radius 2 is 1.61 bits per heavy atom. The van der Waals surface area contributed by atoms with Gasteiger partial charge in [0.05, 0.1) is 21.8 Å². The molecule has 0 fully saturated rings. The molecule has 4 rings (SSSR count). The predicted molar refractivity (Wildman–Crippen MR) is 136 cm³/mol. The van der Waals surface area contributed by atoms with Crippen LogP contribution in [0.5, 0.6) is 0 Å². The standard InChI is InChI=1S/C22H15Br3N2O5S/c23-14-2-4-20-12(7-14)5-6-27(20)33(31,32)17-9-13(8-16(25)10-17)21(28)26-19-3-1-15(24)11-18(19)22(29)30/h1-4,7-11H,5-6H2,(H,26,28)(H,29,30). The van der Waals surface area contributed by atoms with Gasteiger partial charge in [-0.15, -0.1) is 0 Å². The summed E-state index contributed by atoms with van der Waals surface area (Å²) in [7, 11) is -3.94. The molecule has 3 aromatic rings. The Morgan fingerprint density at radius 3 is 2.33 bits per heavy atom. The first-order chi connectivity index (χ1) is 15.6. The van der Waals surface area contributed by atoms with E-state index in [1.165, 1.54) is 34.6 Å². The van der Waals surface area contributed by atoms with Crippen LogP contribution in [0.2, 0.25) is 0 Å². The molecule has 0 unspecified atom stereocenters. The molecule has 0 saturated heterocycles. The van der Waals surface area contributed by atoms with Crippen LogP contribution >= 0.6 is 47.8 Å². The number of rotatable bonds is 5. The number of carbonyl (C=O) groups excluding carboxylic acids is 1. The van der Waals surface area contributed by atoms with Gasteiger partial charge in [0.15, 0.2) is 0 Å². The fraction of sp³-hybridized carbons (Fsp3) is 0.0909. The molecule has 1 heterocycles. The first-order valence-electron chi connectivity index (χ1n) is 9.52. The lowest BCUT2D eigenvalue weighted by atomic mass is 10.1. The summed E-state index contributed by atoms with van der Waals surface area (Å²) in [6.45, 7) is 0.295. The van der Waals surface area contributed by atoms with Crippen molar-refractivity contribution in [1.82, 2.24) is 0 Å². The Balaban J connectivity index is 1.68. The molecule has 0 atom stereocenters. The van der Waals surface area contributed by atoms with Crippen molar-refractivity contribution in [2.24, 2.45) is 0 Å². The Kier molecular flexibility index (Phi) is 6.68. The molecular formula is C22H15Br3N2O5S. The third-order valence-corrected chi connectivity index (χ3v) is 8.31. The van der Waals surface area contributed by atoms with Gasteiger partial charge in [-0.05, 0) is 66.6 Å². The topological polar surface area (TPSA) is 104 Å². The van der Waals surface area contributed by atoms with Crippen LogP contribution in [-0.2, 0) is 16.4 Å². The molecule has 170 valence electrons. The number of carboxylic acid groups (broad SMARTS) is 1. The largest absolute Gasteiger partial charge is 0.478 e. The molecule has 11 heteroatoms. The normalized spacial score (nSPS) is 13.0. The molecule has 2 N–H and O–H groups in total. The molecule has 0 aromatic heterocycles. The molecule has 1 aliphatic heterocycles. The molecule has 1 aliphatic rings. The molecule has 33 heavy (non-hydrogen) atoms. The Bertz CT molecular complexity index is 1410. The SMILES string of the molecule is O=C(Nc1ccc(Br)cc1C(=O)O)c1cc(Br)cc(S(=O)(=O)N2CCc3cc(Br)ccc32)c1. The lowest BCUT2D eigenvalue weighted by molar-refractivity contribution is 0.0698. The Morgan fingerprint density at radius 1 is 0.909 bits per heavy atom. The summed E-state index contributed by atoms with van der Waals surface area (Å²) in [6.07, 6.45) is 0.580. The average Bonchev–Trinajstić information content (AvgIpc) is 3.18. The first-order valence-corrected chi connectivity index (χ1v) is 13.3. The quantitative estimate of drug-likeness (QED) is 0.368. The van der Waals surface area contributed by atoms with Gasteiger partial charge >= 0.3 is 5.97 Å². The molecule has 7 nitrogen and oxygen atoms in total. The molecule has 3 aromatic carbocycles. The summed E-state index contributed by atoms with van der Waals surface area (Å²) < 4.78 is 30.0. The predicted octanol–water partition coefficient (Wildman–Crippen LogP) is 5.68. The lowest BCUT2D eigenvalue weighted by Gasteiger charge is -2.20. The van der Waals surface area contributed by atoms with Crippen LogP contribution in [-0.4, -0.2) is 31.9 Å². The summed E-state index contributed by atoms with van der Waals surface area (Å²) in [6, 6.07) is 14.0. The van der Waals surface area contributed by atoms with Gasteiger partial charge in [-0.2, -0.15) is 0 Å². The second-order valence-corrected chi connectivity index (χ2v) is 11.8. The Hall–Kier alpha value is -2.21. The summed E-state index contributed by atoms with van der Waals surface area (Å²) in [5.41, 5.74) is 1.58. The number of nitrogens with zero attached hydrogens (tertiary/aromatic N) is 1. The van der Waals surface area contributed by atoms with E-state index in [0.29, 0.717) is 27.6 Å². The highest BCUT2D eigenvalue weighted by Crippen LogP contribution is 2.35. The number of carboxylic acids is 1. The van der Waals surface area contributed by atoms with Crippen LogP contribution < -0.4 is 9.62 Å². The number of carbonyl (C=O) groups is 2. The van der Waals surface area contributed by atoms with E-state index < -0.39 is 21.9 Å². The van der Waals surface area contributed by atoms with E-state index in [2.05, 4.69) is 53.1 Å². The number of amides is 1. The van der Waals surface area contributed by atoms with Crippen molar-refractivity contribution in [2.45, 2.75) is 11.3 Å². The van der Waals surface area contributed by atoms with Crippen LogP contribution in [0.25, 0.3) is 0 Å². The minimum absolute atomic E-state index is 0.0490. The van der Waals surface area contributed by atoms with Crippen molar-refractivity contribution in [3.8, 4) is 0 Å². The number of aromatic carboxylic acids is 1. The van der Waals surface area contributed by atoms with Gasteiger partial charge in [-0.1, -0.05) is 47.8 Å². The molecule has 0 saturated carbocycles. The van der Waals surface area contributed by atoms with Crippen LogP contribution in [0.4, 0.5) is 11.4 Å². The fourth-order valence-corrected chi connectivity index (χ4v) is 6.55. The average molecular weight is 659 g/mol. The number of sulfonamides is 1. The highest BCUT2D eigenvalue weighted by Gasteiger charge is 2.31. The number of halogens is 3. The van der Waals surface area contributed by atoms with Crippen molar-refractivity contribution >= 4 is 81.1 Å². The third kappa shape index (κ3) is 4.86. The van der Waals surface area contributed by atoms with Crippen molar-refractivity contribution < 1.29 is 23.1 Å². The van der Waals surface area contributed by atoms with Gasteiger partial charge in [-0.3, -0.25) is 9.10 Å². The summed E-state index contributed by atoms with van der Waals surface area (Å²) >= 11 is 9.90. The zero-order valence-electron chi connectivity index (χ0n) is 16.7. The number of fused-ring (bicyclic) bond motifs is 1. The zero-order valence-corrected chi connectivity index (χ0v) is 22.3. The van der Waals surface area contributed by atoms with E-state index >= 15 is 0 Å². The van der Waals surface area contributed by atoms with Crippen molar-refractivity contribution in [3.63, 3.8) is 0 Å². The molecule has 0 bridgehead atoms. The maximum atomic E-state index is 13.4. The second kappa shape index (κ2) is 9.21. The molecule has 0 spiro atoms. The van der Waals surface area contributed by atoms with E-state index in [1.54, 1.807) is 18.2 Å². The number of benzene rings is 3. The monoisotopic (exact) mass is 656 g/mol. The maximum absolute atomic E-state index is 13.4. The van der Waals surface area contributed by atoms with Crippen molar-refractivity contribution in [2.75, 3.05) is 16.2 Å². The fourth-order valence-electron chi connectivity index (χ4n) is 3.56. The van der Waals surface area contributed by atoms with E-state index in [1.807, 2.05) is 6.07 Å². The smallest absolute Gasteiger partial charge is 0.337 e. The lowest BCUT2D eigenvalue weighted by Crippen LogP contribution is -2.29. The van der Waals surface area contributed by atoms with Crippen LogP contribution in [0.1, 0.15) is 26.3 Å². The number of hydrogen-bond acceptors (Lipinski definition) is 4. The van der Waals surface area contributed by atoms with Gasteiger partial charge in [0.25, 0.3) is 15.9 Å². The molecule has 0 aliphatic carbocycles.